The Labute approximate surface area is 570 Å². The van der Waals surface area contributed by atoms with Crippen LogP contribution < -0.4 is 30.7 Å². The first kappa shape index (κ1) is 80.6. The Kier molecular flexibility index (Phi) is 35.4. The van der Waals surface area contributed by atoms with Gasteiger partial charge in [0.1, 0.15) is 81.8 Å². The third-order valence-corrected chi connectivity index (χ3v) is 18.1. The Hall–Kier alpha value is -7.13. The summed E-state index contributed by atoms with van der Waals surface area (Å²) in [7, 11) is 4.70. The monoisotopic (exact) mass is 1380 g/mol. The molecule has 3 aromatic carbocycles. The van der Waals surface area contributed by atoms with Gasteiger partial charge in [0.25, 0.3) is 0 Å². The van der Waals surface area contributed by atoms with Gasteiger partial charge in [-0.2, -0.15) is 5.26 Å². The van der Waals surface area contributed by atoms with Crippen LogP contribution in [0.3, 0.4) is 0 Å². The first-order valence-electron chi connectivity index (χ1n) is 32.5. The highest BCUT2D eigenvalue weighted by atomic mass is 31.2. The Morgan fingerprint density at radius 1 is 0.639 bits per heavy atom. The van der Waals surface area contributed by atoms with E-state index < -0.39 is 117 Å². The van der Waals surface area contributed by atoms with Crippen molar-refractivity contribution in [3.05, 3.63) is 95.6 Å². The van der Waals surface area contributed by atoms with E-state index in [1.165, 1.54) is 41.9 Å². The number of ether oxygens (including phenoxy) is 14. The number of esters is 4. The molecule has 0 spiro atoms. The van der Waals surface area contributed by atoms with Gasteiger partial charge in [0.05, 0.1) is 46.2 Å². The van der Waals surface area contributed by atoms with Crippen LogP contribution in [0.25, 0.3) is 0 Å². The second kappa shape index (κ2) is 42.6. The number of methoxy groups -OCH3 is 4. The highest BCUT2D eigenvalue weighted by Gasteiger charge is 2.45. The quantitative estimate of drug-likeness (QED) is 0.0163. The molecule has 10 unspecified atom stereocenters. The molecule has 0 aromatic heterocycles. The minimum absolute atomic E-state index is 0.0203. The maximum atomic E-state index is 14.1. The van der Waals surface area contributed by atoms with Gasteiger partial charge in [0, 0.05) is 106 Å². The Morgan fingerprint density at radius 3 is 1.75 bits per heavy atom. The zero-order chi connectivity index (χ0) is 70.9. The minimum Gasteiger partial charge on any atom is -0.497 e. The molecule has 4 N–H and O–H groups in total. The van der Waals surface area contributed by atoms with Gasteiger partial charge in [0.15, 0.2) is 18.7 Å². The Balaban J connectivity index is 1.28. The number of nitrogens with zero attached hydrogens (tertiary/aromatic N) is 2. The van der Waals surface area contributed by atoms with Crippen LogP contribution in [0.4, 0.5) is 4.79 Å². The number of benzene rings is 3. The molecule has 11 atom stereocenters. The van der Waals surface area contributed by atoms with Gasteiger partial charge >= 0.3 is 30.0 Å². The van der Waals surface area contributed by atoms with Crippen LogP contribution >= 0.6 is 8.30 Å². The number of amides is 3. The average molecular weight is 1380 g/mol. The summed E-state index contributed by atoms with van der Waals surface area (Å²) in [6.07, 6.45) is -6.83. The third kappa shape index (κ3) is 26.6. The van der Waals surface area contributed by atoms with Crippen LogP contribution in [0.2, 0.25) is 0 Å². The molecular weight excluding hydrogens is 1280 g/mol. The van der Waals surface area contributed by atoms with E-state index in [0.29, 0.717) is 30.5 Å². The van der Waals surface area contributed by atoms with Gasteiger partial charge in [-0.3, -0.25) is 33.4 Å². The molecular formula is C68H99N6O22P. The smallest absolute Gasteiger partial charge is 0.407 e. The average Bonchev–Trinajstić information content (AvgIpc) is 0.753. The molecule has 0 saturated carbocycles. The van der Waals surface area contributed by atoms with Crippen LogP contribution in [0, 0.1) is 11.3 Å². The van der Waals surface area contributed by atoms with Crippen LogP contribution in [0.15, 0.2) is 78.9 Å². The molecule has 97 heavy (non-hydrogen) atoms. The number of hydrogen-bond acceptors (Lipinski definition) is 25. The van der Waals surface area contributed by atoms with E-state index in [1.54, 1.807) is 14.2 Å². The van der Waals surface area contributed by atoms with Crippen molar-refractivity contribution in [3.8, 4) is 17.6 Å². The lowest BCUT2D eigenvalue weighted by Crippen LogP contribution is -2.54. The van der Waals surface area contributed by atoms with Crippen molar-refractivity contribution in [3.63, 3.8) is 0 Å². The lowest BCUT2D eigenvalue weighted by Gasteiger charge is -2.40. The highest BCUT2D eigenvalue weighted by molar-refractivity contribution is 7.50. The maximum Gasteiger partial charge on any atom is 0.407 e. The molecule has 5 rings (SSSR count). The molecule has 0 bridgehead atoms. The van der Waals surface area contributed by atoms with Crippen LogP contribution in [0.5, 0.6) is 11.5 Å². The van der Waals surface area contributed by atoms with Gasteiger partial charge in [-0.15, -0.1) is 0 Å². The number of nitriles is 1. The van der Waals surface area contributed by atoms with Crippen LogP contribution in [0.1, 0.15) is 111 Å². The molecule has 28 nitrogen and oxygen atoms in total. The molecule has 2 fully saturated rings. The number of nitrogens with one attached hydrogen (secondary N) is 4. The molecule has 3 amide bonds. The number of carbonyl (C=O) groups excluding carboxylic acids is 7. The first-order valence-corrected chi connectivity index (χ1v) is 33.9. The number of alkyl carbamates (subject to hydrolysis) is 1. The molecule has 3 aromatic rings. The summed E-state index contributed by atoms with van der Waals surface area (Å²) in [6.45, 7) is 12.4. The molecule has 2 saturated heterocycles. The standard InChI is InChI=1S/C68H99N6O22P/c1-44(2)74(45(3)4)97(36-18-30-69)96-55(40-90-68(50-19-14-13-15-20-50,51-22-26-53(83-10)27-23-51)52-24-28-54(84-11)29-25-52)39-89-67(81)73-33-32-72-66(80)56(70-34-35-86-62-38-58(92-48(7)77)65(93-49(8)78)60(95-62)42-87-46(5)75)21-16-17-31-71-61(79)43-88-63-37-57(91-47(6)76)64(85-12)59(94-63)41-82-9/h13-15,19-20,22-29,44-45,55-60,62-65,70H,16-18,21,31-43H2,1-12H3,(H,71,79)(H,72,80)(H,73,81)/t55?,56?,57?,58?,59?,60?,62-,63?,64?,65?,97?/m1/s1. The van der Waals surface area contributed by atoms with Crippen LogP contribution in [-0.4, -0.2) is 220 Å². The normalized spacial score (nSPS) is 20.3. The van der Waals surface area contributed by atoms with E-state index in [0.717, 1.165) is 16.7 Å². The number of carbonyl (C=O) groups is 7. The second-order valence-electron chi connectivity index (χ2n) is 23.5. The van der Waals surface area contributed by atoms with E-state index in [1.807, 2.05) is 78.9 Å². The predicted molar refractivity (Wildman–Crippen MR) is 353 cm³/mol. The molecule has 0 radical (unpaired) electrons. The Bertz CT molecular complexity index is 2870. The van der Waals surface area contributed by atoms with Crippen LogP contribution in [-0.2, 0) is 95.7 Å². The molecule has 2 aliphatic heterocycles. The third-order valence-electron chi connectivity index (χ3n) is 15.5. The van der Waals surface area contributed by atoms with Crippen molar-refractivity contribution < 1.29 is 104 Å². The molecule has 2 aliphatic rings. The highest BCUT2D eigenvalue weighted by Crippen LogP contribution is 2.48. The summed E-state index contributed by atoms with van der Waals surface area (Å²) in [5, 5.41) is 21.5. The Morgan fingerprint density at radius 2 is 1.21 bits per heavy atom. The van der Waals surface area contributed by atoms with Crippen molar-refractivity contribution in [1.82, 2.24) is 25.9 Å². The lowest BCUT2D eigenvalue weighted by molar-refractivity contribution is -0.265. The first-order chi connectivity index (χ1) is 46.5. The van der Waals surface area contributed by atoms with E-state index in [-0.39, 0.29) is 104 Å². The fourth-order valence-electron chi connectivity index (χ4n) is 11.3. The summed E-state index contributed by atoms with van der Waals surface area (Å²) < 4.78 is 89.8. The van der Waals surface area contributed by atoms with Crippen molar-refractivity contribution in [2.45, 2.75) is 173 Å². The lowest BCUT2D eigenvalue weighted by atomic mass is 9.80. The summed E-state index contributed by atoms with van der Waals surface area (Å²) in [5.41, 5.74) is 1.10. The van der Waals surface area contributed by atoms with Gasteiger partial charge in [-0.1, -0.05) is 54.6 Å². The number of unbranched alkanes of at least 4 members (excludes halogenated alkanes) is 1. The van der Waals surface area contributed by atoms with Crippen molar-refractivity contribution >= 4 is 50.1 Å². The summed E-state index contributed by atoms with van der Waals surface area (Å²) >= 11 is 0. The van der Waals surface area contributed by atoms with Crippen molar-refractivity contribution in [2.75, 3.05) is 100 Å². The topological polar surface area (TPSA) is 333 Å². The summed E-state index contributed by atoms with van der Waals surface area (Å²) in [5.74, 6) is -2.02. The number of hydrogen-bond donors (Lipinski definition) is 4. The van der Waals surface area contributed by atoms with E-state index >= 15 is 0 Å². The number of rotatable bonds is 42. The summed E-state index contributed by atoms with van der Waals surface area (Å²) in [4.78, 5) is 88.7. The molecule has 538 valence electrons. The summed E-state index contributed by atoms with van der Waals surface area (Å²) in [6, 6.07) is 26.4. The van der Waals surface area contributed by atoms with Gasteiger partial charge in [-0.05, 0) is 87.9 Å². The minimum atomic E-state index is -1.45. The SMILES string of the molecule is COCC1OC(OCC(=O)NCCCCC(NCCO[C@H]2CC(OC(C)=O)C(OC(C)=O)C(COC(C)=O)O2)C(=O)NCCNC(=O)OCC(COC(c2ccccc2)(c2ccc(OC)cc2)c2ccc(OC)cc2)OP(CCC#N)N(C(C)C)C(C)C)CC(OC(C)=O)C1OC. The van der Waals surface area contributed by atoms with E-state index in [2.05, 4.69) is 59.7 Å². The predicted octanol–water partition coefficient (Wildman–Crippen LogP) is 6.11. The van der Waals surface area contributed by atoms with E-state index in [4.69, 9.17) is 70.8 Å². The van der Waals surface area contributed by atoms with E-state index in [9.17, 15) is 38.8 Å². The fourth-order valence-corrected chi connectivity index (χ4v) is 13.6. The second-order valence-corrected chi connectivity index (χ2v) is 25.3. The molecule has 0 aliphatic carbocycles. The van der Waals surface area contributed by atoms with Gasteiger partial charge < -0.3 is 92.1 Å². The zero-order valence-corrected chi connectivity index (χ0v) is 58.7. The molecule has 29 heteroatoms. The van der Waals surface area contributed by atoms with Crippen molar-refractivity contribution in [2.24, 2.45) is 0 Å². The maximum absolute atomic E-state index is 14.1. The largest absolute Gasteiger partial charge is 0.497 e. The van der Waals surface area contributed by atoms with Crippen molar-refractivity contribution in [1.29, 1.82) is 5.26 Å². The zero-order valence-electron chi connectivity index (χ0n) is 57.8. The fraction of sp³-hybridized carbons (Fsp3) is 0.618. The van der Waals surface area contributed by atoms with Gasteiger partial charge in [0.2, 0.25) is 11.8 Å². The van der Waals surface area contributed by atoms with Gasteiger partial charge in [-0.25, -0.2) is 4.79 Å². The molecule has 2 heterocycles.